The number of hydrogen-bond acceptors (Lipinski definition) is 3. The molecule has 0 aliphatic rings. The second-order valence-electron chi connectivity index (χ2n) is 7.42. The van der Waals surface area contributed by atoms with E-state index in [9.17, 15) is 14.0 Å². The fourth-order valence-corrected chi connectivity index (χ4v) is 3.16. The Kier molecular flexibility index (Phi) is 8.84. The van der Waals surface area contributed by atoms with Crippen molar-refractivity contribution in [3.8, 4) is 5.75 Å². The summed E-state index contributed by atoms with van der Waals surface area (Å²) in [6, 6.07) is 11.1. The van der Waals surface area contributed by atoms with E-state index in [1.807, 2.05) is 45.9 Å². The number of carbonyl (C=O) groups excluding carboxylic acids is 2. The standard InChI is InChI=1S/C24H31FN2O3/c1-5-13-26-24(29)21(6-2)27(15-19-9-11-20(25)12-10-19)23(28)16-30-22-14-17(3)7-8-18(22)4/h7-12,14,21H,5-6,13,15-16H2,1-4H3,(H,26,29)/t21-/m0/s1. The number of rotatable bonds is 10. The molecule has 0 saturated heterocycles. The van der Waals surface area contributed by atoms with Gasteiger partial charge in [0.25, 0.3) is 5.91 Å². The number of carbonyl (C=O) groups is 2. The van der Waals surface area contributed by atoms with Crippen LogP contribution in [0.25, 0.3) is 0 Å². The molecular weight excluding hydrogens is 383 g/mol. The average molecular weight is 415 g/mol. The summed E-state index contributed by atoms with van der Waals surface area (Å²) < 4.78 is 19.1. The van der Waals surface area contributed by atoms with E-state index in [1.54, 1.807) is 12.1 Å². The highest BCUT2D eigenvalue weighted by Gasteiger charge is 2.28. The number of benzene rings is 2. The van der Waals surface area contributed by atoms with Crippen LogP contribution in [-0.4, -0.2) is 35.9 Å². The third-order valence-corrected chi connectivity index (χ3v) is 4.90. The summed E-state index contributed by atoms with van der Waals surface area (Å²) in [7, 11) is 0. The second kappa shape index (κ2) is 11.3. The summed E-state index contributed by atoms with van der Waals surface area (Å²) >= 11 is 0. The molecule has 1 atom stereocenters. The molecule has 0 heterocycles. The normalized spacial score (nSPS) is 11.6. The average Bonchev–Trinajstić information content (AvgIpc) is 2.73. The van der Waals surface area contributed by atoms with Gasteiger partial charge < -0.3 is 15.0 Å². The fraction of sp³-hybridized carbons (Fsp3) is 0.417. The molecule has 6 heteroatoms. The highest BCUT2D eigenvalue weighted by atomic mass is 19.1. The lowest BCUT2D eigenvalue weighted by atomic mass is 10.1. The van der Waals surface area contributed by atoms with Crippen LogP contribution in [0.1, 0.15) is 43.4 Å². The van der Waals surface area contributed by atoms with Gasteiger partial charge >= 0.3 is 0 Å². The number of ether oxygens (including phenoxy) is 1. The molecular formula is C24H31FN2O3. The molecule has 0 aliphatic carbocycles. The minimum absolute atomic E-state index is 0.178. The molecule has 0 bridgehead atoms. The number of nitrogens with zero attached hydrogens (tertiary/aromatic N) is 1. The lowest BCUT2D eigenvalue weighted by molar-refractivity contribution is -0.143. The molecule has 1 N–H and O–H groups in total. The molecule has 2 rings (SSSR count). The Balaban J connectivity index is 2.21. The predicted molar refractivity (Wildman–Crippen MR) is 116 cm³/mol. The molecule has 0 radical (unpaired) electrons. The lowest BCUT2D eigenvalue weighted by Gasteiger charge is -2.30. The molecule has 162 valence electrons. The first-order chi connectivity index (χ1) is 14.3. The maximum absolute atomic E-state index is 13.3. The Bertz CT molecular complexity index is 852. The summed E-state index contributed by atoms with van der Waals surface area (Å²) in [5, 5.41) is 2.87. The van der Waals surface area contributed by atoms with Crippen LogP contribution in [0, 0.1) is 19.7 Å². The minimum Gasteiger partial charge on any atom is -0.483 e. The van der Waals surface area contributed by atoms with Gasteiger partial charge in [-0.1, -0.05) is 38.1 Å². The first-order valence-corrected chi connectivity index (χ1v) is 10.4. The van der Waals surface area contributed by atoms with Crippen molar-refractivity contribution >= 4 is 11.8 Å². The van der Waals surface area contributed by atoms with E-state index in [4.69, 9.17) is 4.74 Å². The molecule has 0 aromatic heterocycles. The molecule has 2 aromatic carbocycles. The van der Waals surface area contributed by atoms with Gasteiger partial charge in [-0.2, -0.15) is 0 Å². The van der Waals surface area contributed by atoms with Gasteiger partial charge in [0.05, 0.1) is 0 Å². The zero-order valence-electron chi connectivity index (χ0n) is 18.2. The van der Waals surface area contributed by atoms with Gasteiger partial charge in [-0.05, 0) is 61.6 Å². The van der Waals surface area contributed by atoms with Crippen LogP contribution in [0.15, 0.2) is 42.5 Å². The van der Waals surface area contributed by atoms with E-state index < -0.39 is 6.04 Å². The van der Waals surface area contributed by atoms with E-state index in [2.05, 4.69) is 5.32 Å². The van der Waals surface area contributed by atoms with Gasteiger partial charge in [0, 0.05) is 13.1 Å². The van der Waals surface area contributed by atoms with Crippen molar-refractivity contribution in [2.24, 2.45) is 0 Å². The van der Waals surface area contributed by atoms with Crippen LogP contribution in [0.2, 0.25) is 0 Å². The van der Waals surface area contributed by atoms with Crippen molar-refractivity contribution in [2.45, 2.75) is 53.1 Å². The first-order valence-electron chi connectivity index (χ1n) is 10.4. The highest BCUT2D eigenvalue weighted by molar-refractivity contribution is 5.88. The minimum atomic E-state index is -0.628. The monoisotopic (exact) mass is 414 g/mol. The van der Waals surface area contributed by atoms with Crippen molar-refractivity contribution in [1.29, 1.82) is 0 Å². The van der Waals surface area contributed by atoms with E-state index in [0.717, 1.165) is 23.1 Å². The number of halogens is 1. The number of amides is 2. The molecule has 0 saturated carbocycles. The van der Waals surface area contributed by atoms with Gasteiger partial charge in [0.2, 0.25) is 5.91 Å². The van der Waals surface area contributed by atoms with Crippen LogP contribution in [0.4, 0.5) is 4.39 Å². The fourth-order valence-electron chi connectivity index (χ4n) is 3.16. The third-order valence-electron chi connectivity index (χ3n) is 4.90. The summed E-state index contributed by atoms with van der Waals surface area (Å²) in [5.74, 6) is -0.184. The summed E-state index contributed by atoms with van der Waals surface area (Å²) in [6.07, 6.45) is 1.27. The van der Waals surface area contributed by atoms with Crippen molar-refractivity contribution in [3.63, 3.8) is 0 Å². The Labute approximate surface area is 178 Å². The predicted octanol–water partition coefficient (Wildman–Crippen LogP) is 4.15. The molecule has 0 fully saturated rings. The zero-order chi connectivity index (χ0) is 22.1. The van der Waals surface area contributed by atoms with Gasteiger partial charge in [-0.15, -0.1) is 0 Å². The van der Waals surface area contributed by atoms with Crippen LogP contribution in [0.3, 0.4) is 0 Å². The molecule has 0 unspecified atom stereocenters. The largest absolute Gasteiger partial charge is 0.483 e. The topological polar surface area (TPSA) is 58.6 Å². The van der Waals surface area contributed by atoms with Crippen molar-refractivity contribution in [2.75, 3.05) is 13.2 Å². The van der Waals surface area contributed by atoms with Crippen LogP contribution < -0.4 is 10.1 Å². The van der Waals surface area contributed by atoms with Crippen LogP contribution in [0.5, 0.6) is 5.75 Å². The van der Waals surface area contributed by atoms with Gasteiger partial charge in [-0.3, -0.25) is 9.59 Å². The van der Waals surface area contributed by atoms with E-state index in [-0.39, 0.29) is 30.8 Å². The number of aryl methyl sites for hydroxylation is 2. The Morgan fingerprint density at radius 2 is 1.80 bits per heavy atom. The van der Waals surface area contributed by atoms with Gasteiger partial charge in [0.1, 0.15) is 17.6 Å². The maximum atomic E-state index is 13.3. The molecule has 5 nitrogen and oxygen atoms in total. The Morgan fingerprint density at radius 1 is 1.10 bits per heavy atom. The number of nitrogens with one attached hydrogen (secondary N) is 1. The van der Waals surface area contributed by atoms with E-state index in [1.165, 1.54) is 17.0 Å². The molecule has 0 aliphatic heterocycles. The first kappa shape index (κ1) is 23.4. The van der Waals surface area contributed by atoms with Crippen molar-refractivity contribution in [3.05, 3.63) is 65.0 Å². The third kappa shape index (κ3) is 6.58. The lowest BCUT2D eigenvalue weighted by Crippen LogP contribution is -2.50. The van der Waals surface area contributed by atoms with Gasteiger partial charge in [-0.25, -0.2) is 4.39 Å². The Hall–Kier alpha value is -2.89. The highest BCUT2D eigenvalue weighted by Crippen LogP contribution is 2.20. The molecule has 30 heavy (non-hydrogen) atoms. The molecule has 2 aromatic rings. The SMILES string of the molecule is CCCNC(=O)[C@H](CC)N(Cc1ccc(F)cc1)C(=O)COc1cc(C)ccc1C. The smallest absolute Gasteiger partial charge is 0.261 e. The molecule has 0 spiro atoms. The summed E-state index contributed by atoms with van der Waals surface area (Å²) in [5.41, 5.74) is 2.72. The summed E-state index contributed by atoms with van der Waals surface area (Å²) in [6.45, 7) is 8.29. The van der Waals surface area contributed by atoms with Crippen LogP contribution >= 0.6 is 0 Å². The van der Waals surface area contributed by atoms with E-state index >= 15 is 0 Å². The maximum Gasteiger partial charge on any atom is 0.261 e. The van der Waals surface area contributed by atoms with Gasteiger partial charge in [0.15, 0.2) is 6.61 Å². The van der Waals surface area contributed by atoms with E-state index in [0.29, 0.717) is 18.7 Å². The van der Waals surface area contributed by atoms with Crippen LogP contribution in [-0.2, 0) is 16.1 Å². The van der Waals surface area contributed by atoms with Crippen molar-refractivity contribution < 1.29 is 18.7 Å². The second-order valence-corrected chi connectivity index (χ2v) is 7.42. The Morgan fingerprint density at radius 3 is 2.43 bits per heavy atom. The summed E-state index contributed by atoms with van der Waals surface area (Å²) in [4.78, 5) is 27.3. The van der Waals surface area contributed by atoms with Crippen molar-refractivity contribution in [1.82, 2.24) is 10.2 Å². The zero-order valence-corrected chi connectivity index (χ0v) is 18.2. The quantitative estimate of drug-likeness (QED) is 0.635. The number of hydrogen-bond donors (Lipinski definition) is 1. The molecule has 2 amide bonds.